The van der Waals surface area contributed by atoms with Crippen molar-refractivity contribution in [3.63, 3.8) is 0 Å². The number of nitrogens with zero attached hydrogens (tertiary/aromatic N) is 3. The molecule has 0 bridgehead atoms. The average Bonchev–Trinajstić information content (AvgIpc) is 3.26. The Morgan fingerprint density at radius 1 is 1.09 bits per heavy atom. The highest BCUT2D eigenvalue weighted by Crippen LogP contribution is 2.25. The molecule has 1 aliphatic rings. The molecule has 3 aromatic rings. The average molecular weight is 451 g/mol. The fourth-order valence-corrected chi connectivity index (χ4v) is 4.13. The second kappa shape index (κ2) is 8.83. The zero-order valence-corrected chi connectivity index (χ0v) is 18.7. The number of hydrogen-bond acceptors (Lipinski definition) is 7. The van der Waals surface area contributed by atoms with Gasteiger partial charge in [0, 0.05) is 17.7 Å². The number of hydrogen-bond donors (Lipinski definition) is 3. The van der Waals surface area contributed by atoms with Gasteiger partial charge in [-0.05, 0) is 50.5 Å². The summed E-state index contributed by atoms with van der Waals surface area (Å²) in [7, 11) is 0. The van der Waals surface area contributed by atoms with Crippen LogP contribution in [0.3, 0.4) is 0 Å². The van der Waals surface area contributed by atoms with Crippen LogP contribution in [0.1, 0.15) is 61.2 Å². The van der Waals surface area contributed by atoms with Crippen molar-refractivity contribution in [3.05, 3.63) is 63.0 Å². The van der Waals surface area contributed by atoms with Gasteiger partial charge < -0.3 is 16.0 Å². The molecule has 0 saturated carbocycles. The fourth-order valence-electron chi connectivity index (χ4n) is 3.32. The highest BCUT2D eigenvalue weighted by Gasteiger charge is 2.25. The minimum Gasteiger partial charge on any atom is -0.342 e. The third kappa shape index (κ3) is 4.50. The summed E-state index contributed by atoms with van der Waals surface area (Å²) < 4.78 is 0. The molecule has 3 N–H and O–H groups in total. The van der Waals surface area contributed by atoms with Crippen molar-refractivity contribution < 1.29 is 14.4 Å². The summed E-state index contributed by atoms with van der Waals surface area (Å²) in [6, 6.07) is 5.30. The quantitative estimate of drug-likeness (QED) is 0.548. The number of amides is 3. The summed E-state index contributed by atoms with van der Waals surface area (Å²) in [6.07, 6.45) is 3.44. The Balaban J connectivity index is 1.44. The smallest absolute Gasteiger partial charge is 0.270 e. The first kappa shape index (κ1) is 21.6. The third-order valence-corrected chi connectivity index (χ3v) is 6.43. The number of anilines is 2. The van der Waals surface area contributed by atoms with E-state index in [4.69, 9.17) is 0 Å². The molecule has 0 unspecified atom stereocenters. The lowest BCUT2D eigenvalue weighted by atomic mass is 10.0. The van der Waals surface area contributed by atoms with Crippen LogP contribution in [0.4, 0.5) is 11.5 Å². The normalized spacial score (nSPS) is 13.7. The van der Waals surface area contributed by atoms with Crippen LogP contribution in [-0.4, -0.2) is 32.7 Å². The van der Waals surface area contributed by atoms with Crippen LogP contribution < -0.4 is 16.0 Å². The van der Waals surface area contributed by atoms with Gasteiger partial charge in [-0.15, -0.1) is 11.3 Å². The minimum atomic E-state index is -0.431. The molecule has 3 amide bonds. The molecular formula is C22H22N6O3S. The Bertz CT molecular complexity index is 1220. The van der Waals surface area contributed by atoms with Crippen molar-refractivity contribution in [1.29, 1.82) is 0 Å². The zero-order chi connectivity index (χ0) is 22.8. The van der Waals surface area contributed by atoms with Gasteiger partial charge in [0.25, 0.3) is 11.8 Å². The van der Waals surface area contributed by atoms with E-state index in [9.17, 15) is 14.4 Å². The summed E-state index contributed by atoms with van der Waals surface area (Å²) >= 11 is 1.21. The van der Waals surface area contributed by atoms with E-state index in [1.165, 1.54) is 23.9 Å². The molecule has 0 radical (unpaired) electrons. The molecule has 4 rings (SSSR count). The van der Waals surface area contributed by atoms with Gasteiger partial charge >= 0.3 is 0 Å². The second-order valence-corrected chi connectivity index (χ2v) is 8.67. The van der Waals surface area contributed by atoms with E-state index in [1.54, 1.807) is 6.92 Å². The van der Waals surface area contributed by atoms with Gasteiger partial charge in [0.1, 0.15) is 27.7 Å². The van der Waals surface area contributed by atoms with E-state index in [0.717, 1.165) is 16.8 Å². The van der Waals surface area contributed by atoms with Crippen LogP contribution in [0.5, 0.6) is 0 Å². The van der Waals surface area contributed by atoms with Crippen molar-refractivity contribution in [3.8, 4) is 0 Å². The molecule has 3 heterocycles. The Hall–Kier alpha value is -3.66. The fraction of sp³-hybridized carbons (Fsp3) is 0.273. The van der Waals surface area contributed by atoms with Crippen molar-refractivity contribution in [2.24, 2.45) is 0 Å². The molecule has 10 heteroatoms. The molecule has 32 heavy (non-hydrogen) atoms. The number of carbonyl (C=O) groups is 3. The largest absolute Gasteiger partial charge is 0.342 e. The maximum absolute atomic E-state index is 12.8. The lowest BCUT2D eigenvalue weighted by Crippen LogP contribution is -2.30. The van der Waals surface area contributed by atoms with Crippen LogP contribution in [-0.2, 0) is 11.2 Å². The molecule has 9 nitrogen and oxygen atoms in total. The number of aryl methyl sites for hydroxylation is 2. The number of fused-ring (bicyclic) bond motifs is 1. The monoisotopic (exact) mass is 450 g/mol. The van der Waals surface area contributed by atoms with Gasteiger partial charge in [-0.3, -0.25) is 14.4 Å². The summed E-state index contributed by atoms with van der Waals surface area (Å²) in [4.78, 5) is 49.9. The first-order valence-corrected chi connectivity index (χ1v) is 10.9. The molecule has 2 aromatic heterocycles. The van der Waals surface area contributed by atoms with Crippen molar-refractivity contribution >= 4 is 40.6 Å². The number of aromatic nitrogens is 3. The van der Waals surface area contributed by atoms with Gasteiger partial charge in [-0.25, -0.2) is 15.0 Å². The van der Waals surface area contributed by atoms with Crippen molar-refractivity contribution in [2.75, 3.05) is 10.6 Å². The summed E-state index contributed by atoms with van der Waals surface area (Å²) in [5, 5.41) is 8.99. The van der Waals surface area contributed by atoms with Crippen LogP contribution in [0.2, 0.25) is 0 Å². The van der Waals surface area contributed by atoms with Gasteiger partial charge in [0.15, 0.2) is 0 Å². The summed E-state index contributed by atoms with van der Waals surface area (Å²) in [5.41, 5.74) is 3.81. The third-order valence-electron chi connectivity index (χ3n) is 5.25. The number of rotatable bonds is 5. The highest BCUT2D eigenvalue weighted by molar-refractivity contribution is 7.13. The number of nitrogens with one attached hydrogen (secondary N) is 3. The number of thiazole rings is 1. The maximum atomic E-state index is 12.8. The number of carbonyl (C=O) groups excluding carboxylic acids is 3. The Morgan fingerprint density at radius 3 is 2.69 bits per heavy atom. The predicted octanol–water partition coefficient (Wildman–Crippen LogP) is 3.18. The van der Waals surface area contributed by atoms with Crippen molar-refractivity contribution in [2.45, 2.75) is 39.7 Å². The van der Waals surface area contributed by atoms with E-state index in [1.807, 2.05) is 32.0 Å². The molecule has 0 aliphatic carbocycles. The molecular weight excluding hydrogens is 428 g/mol. The van der Waals surface area contributed by atoms with E-state index >= 15 is 0 Å². The minimum absolute atomic E-state index is 0.134. The molecule has 0 fully saturated rings. The van der Waals surface area contributed by atoms with Crippen LogP contribution in [0.15, 0.2) is 30.7 Å². The lowest BCUT2D eigenvalue weighted by molar-refractivity contribution is -0.116. The van der Waals surface area contributed by atoms with Crippen LogP contribution in [0.25, 0.3) is 0 Å². The van der Waals surface area contributed by atoms with E-state index < -0.39 is 6.04 Å². The molecule has 1 atom stereocenters. The Kier molecular flexibility index (Phi) is 5.95. The van der Waals surface area contributed by atoms with Gasteiger partial charge in [0.05, 0.1) is 12.2 Å². The number of benzene rings is 1. The summed E-state index contributed by atoms with van der Waals surface area (Å²) in [5.74, 6) is -0.404. The summed E-state index contributed by atoms with van der Waals surface area (Å²) in [6.45, 7) is 5.79. The Morgan fingerprint density at radius 2 is 1.91 bits per heavy atom. The molecule has 1 aromatic carbocycles. The van der Waals surface area contributed by atoms with E-state index in [0.29, 0.717) is 27.7 Å². The predicted molar refractivity (Wildman–Crippen MR) is 121 cm³/mol. The molecule has 1 aliphatic heterocycles. The first-order valence-electron chi connectivity index (χ1n) is 10.1. The van der Waals surface area contributed by atoms with Gasteiger partial charge in [0.2, 0.25) is 5.91 Å². The van der Waals surface area contributed by atoms with Crippen molar-refractivity contribution in [1.82, 2.24) is 20.3 Å². The maximum Gasteiger partial charge on any atom is 0.270 e. The first-order chi connectivity index (χ1) is 15.3. The van der Waals surface area contributed by atoms with Crippen LogP contribution in [0, 0.1) is 13.8 Å². The second-order valence-electron chi connectivity index (χ2n) is 7.61. The molecule has 0 saturated heterocycles. The molecule has 0 spiro atoms. The standard InChI is InChI=1S/C22H22N6O3S/c1-11-4-5-14(8-12(11)2)27-20(30)16-9-23-22(32-16)13(3)26-21(31)18-15-6-7-17(29)28-19(15)25-10-24-18/h4-5,8-10,13H,6-7H2,1-3H3,(H,26,31)(H,27,30)(H,24,25,28,29)/t13-/m1/s1. The zero-order valence-electron chi connectivity index (χ0n) is 17.9. The Labute approximate surface area is 188 Å². The van der Waals surface area contributed by atoms with Gasteiger partial charge in [-0.2, -0.15) is 0 Å². The van der Waals surface area contributed by atoms with E-state index in [2.05, 4.69) is 30.9 Å². The highest BCUT2D eigenvalue weighted by atomic mass is 32.1. The topological polar surface area (TPSA) is 126 Å². The lowest BCUT2D eigenvalue weighted by Gasteiger charge is -2.18. The molecule has 164 valence electrons. The van der Waals surface area contributed by atoms with E-state index in [-0.39, 0.29) is 29.8 Å². The van der Waals surface area contributed by atoms with Crippen LogP contribution >= 0.6 is 11.3 Å². The SMILES string of the molecule is Cc1ccc(NC(=O)c2cnc([C@@H](C)NC(=O)c3ncnc4c3CCC(=O)N4)s2)cc1C. The van der Waals surface area contributed by atoms with Gasteiger partial charge in [-0.1, -0.05) is 6.07 Å².